The van der Waals surface area contributed by atoms with Gasteiger partial charge >= 0.3 is 6.18 Å². The molecule has 25 heavy (non-hydrogen) atoms. The molecule has 0 spiro atoms. The average Bonchev–Trinajstić information content (AvgIpc) is 2.54. The van der Waals surface area contributed by atoms with Crippen molar-refractivity contribution >= 4 is 29.0 Å². The molecule has 0 heterocycles. The maximum Gasteiger partial charge on any atom is 0.448 e. The Morgan fingerprint density at radius 1 is 1.08 bits per heavy atom. The second kappa shape index (κ2) is 7.80. The van der Waals surface area contributed by atoms with Gasteiger partial charge in [-0.25, -0.2) is 0 Å². The molecular formula is C17H11Cl2F3O3. The van der Waals surface area contributed by atoms with Crippen molar-refractivity contribution in [3.63, 3.8) is 0 Å². The van der Waals surface area contributed by atoms with Crippen molar-refractivity contribution in [2.24, 2.45) is 0 Å². The molecule has 0 bridgehead atoms. The van der Waals surface area contributed by atoms with E-state index in [-0.39, 0.29) is 18.2 Å². The zero-order valence-corrected chi connectivity index (χ0v) is 14.0. The van der Waals surface area contributed by atoms with Crippen LogP contribution in [-0.2, 0) is 6.61 Å². The Labute approximate surface area is 151 Å². The molecule has 0 aromatic heterocycles. The van der Waals surface area contributed by atoms with Gasteiger partial charge in [0.05, 0.1) is 0 Å². The highest BCUT2D eigenvalue weighted by molar-refractivity contribution is 6.35. The molecule has 132 valence electrons. The summed E-state index contributed by atoms with van der Waals surface area (Å²) in [7, 11) is 0. The van der Waals surface area contributed by atoms with E-state index in [0.717, 1.165) is 0 Å². The smallest absolute Gasteiger partial charge is 0.448 e. The first-order valence-electron chi connectivity index (χ1n) is 6.86. The Bertz CT molecular complexity index is 780. The van der Waals surface area contributed by atoms with E-state index in [9.17, 15) is 18.0 Å². The highest BCUT2D eigenvalue weighted by atomic mass is 35.5. The Kier molecular flexibility index (Phi) is 5.98. The van der Waals surface area contributed by atoms with E-state index in [1.807, 2.05) is 0 Å². The van der Waals surface area contributed by atoms with Gasteiger partial charge in [0.25, 0.3) is 0 Å². The van der Waals surface area contributed by atoms with Crippen LogP contribution in [0.3, 0.4) is 0 Å². The van der Waals surface area contributed by atoms with Crippen molar-refractivity contribution in [2.75, 3.05) is 0 Å². The van der Waals surface area contributed by atoms with E-state index in [1.165, 1.54) is 24.3 Å². The SMILES string of the molecule is O=C(/C=C(\O)C(F)(F)F)c1ccc(OCc2c(Cl)cccc2Cl)cc1. The molecule has 8 heteroatoms. The number of aliphatic hydroxyl groups excluding tert-OH is 1. The zero-order valence-electron chi connectivity index (χ0n) is 12.5. The van der Waals surface area contributed by atoms with E-state index in [0.29, 0.717) is 21.4 Å². The second-order valence-electron chi connectivity index (χ2n) is 4.90. The molecule has 0 atom stereocenters. The summed E-state index contributed by atoms with van der Waals surface area (Å²) in [6.45, 7) is 0.0839. The van der Waals surface area contributed by atoms with Crippen LogP contribution in [0.1, 0.15) is 15.9 Å². The number of ketones is 1. The van der Waals surface area contributed by atoms with Gasteiger partial charge in [-0.05, 0) is 36.4 Å². The fourth-order valence-electron chi connectivity index (χ4n) is 1.83. The van der Waals surface area contributed by atoms with Gasteiger partial charge in [-0.2, -0.15) is 13.2 Å². The van der Waals surface area contributed by atoms with Gasteiger partial charge in [-0.15, -0.1) is 0 Å². The molecule has 0 fully saturated rings. The minimum absolute atomic E-state index is 0.0288. The minimum Gasteiger partial charge on any atom is -0.504 e. The fourth-order valence-corrected chi connectivity index (χ4v) is 2.34. The maximum atomic E-state index is 12.2. The van der Waals surface area contributed by atoms with Crippen LogP contribution in [0.5, 0.6) is 5.75 Å². The second-order valence-corrected chi connectivity index (χ2v) is 5.72. The molecule has 2 aromatic rings. The summed E-state index contributed by atoms with van der Waals surface area (Å²) < 4.78 is 42.1. The van der Waals surface area contributed by atoms with Gasteiger partial charge in [0, 0.05) is 27.2 Å². The number of rotatable bonds is 5. The molecule has 0 aliphatic heterocycles. The first kappa shape index (κ1) is 19.1. The summed E-state index contributed by atoms with van der Waals surface area (Å²) in [5, 5.41) is 9.67. The minimum atomic E-state index is -4.97. The lowest BCUT2D eigenvalue weighted by molar-refractivity contribution is -0.120. The summed E-state index contributed by atoms with van der Waals surface area (Å²) in [5.41, 5.74) is 0.558. The molecule has 0 saturated carbocycles. The third-order valence-corrected chi connectivity index (χ3v) is 3.85. The van der Waals surface area contributed by atoms with Crippen LogP contribution >= 0.6 is 23.2 Å². The molecule has 1 N–H and O–H groups in total. The van der Waals surface area contributed by atoms with Crippen molar-refractivity contribution < 1.29 is 27.8 Å². The fraction of sp³-hybridized carbons (Fsp3) is 0.118. The van der Waals surface area contributed by atoms with Gasteiger partial charge in [-0.3, -0.25) is 4.79 Å². The summed E-state index contributed by atoms with van der Waals surface area (Å²) in [6.07, 6.45) is -4.84. The lowest BCUT2D eigenvalue weighted by Crippen LogP contribution is -2.13. The van der Waals surface area contributed by atoms with E-state index in [1.54, 1.807) is 18.2 Å². The third-order valence-electron chi connectivity index (χ3n) is 3.14. The van der Waals surface area contributed by atoms with Crippen molar-refractivity contribution in [1.82, 2.24) is 0 Å². The van der Waals surface area contributed by atoms with Crippen LogP contribution in [0.15, 0.2) is 54.3 Å². The number of alkyl halides is 3. The Balaban J connectivity index is 2.06. The quantitative estimate of drug-likeness (QED) is 0.401. The first-order chi connectivity index (χ1) is 11.7. The summed E-state index contributed by atoms with van der Waals surface area (Å²) in [4.78, 5) is 11.7. The number of hydrogen-bond acceptors (Lipinski definition) is 3. The molecule has 2 rings (SSSR count). The van der Waals surface area contributed by atoms with Gasteiger partial charge in [-0.1, -0.05) is 29.3 Å². The number of aliphatic hydroxyl groups is 1. The number of hydrogen-bond donors (Lipinski definition) is 1. The number of allylic oxidation sites excluding steroid dienone is 2. The Morgan fingerprint density at radius 2 is 1.64 bits per heavy atom. The summed E-state index contributed by atoms with van der Waals surface area (Å²) in [5.74, 6) is -2.56. The van der Waals surface area contributed by atoms with Gasteiger partial charge < -0.3 is 9.84 Å². The van der Waals surface area contributed by atoms with E-state index in [4.69, 9.17) is 33.0 Å². The molecule has 2 aromatic carbocycles. The number of carbonyl (C=O) groups is 1. The van der Waals surface area contributed by atoms with Crippen LogP contribution in [0, 0.1) is 0 Å². The lowest BCUT2D eigenvalue weighted by atomic mass is 10.1. The van der Waals surface area contributed by atoms with E-state index in [2.05, 4.69) is 0 Å². The molecule has 0 amide bonds. The van der Waals surface area contributed by atoms with Gasteiger partial charge in [0.1, 0.15) is 12.4 Å². The molecule has 0 aliphatic rings. The van der Waals surface area contributed by atoms with Crippen LogP contribution < -0.4 is 4.74 Å². The van der Waals surface area contributed by atoms with E-state index >= 15 is 0 Å². The number of benzene rings is 2. The molecule has 0 aliphatic carbocycles. The summed E-state index contributed by atoms with van der Waals surface area (Å²) in [6, 6.07) is 10.4. The molecule has 0 radical (unpaired) electrons. The molecule has 3 nitrogen and oxygen atoms in total. The topological polar surface area (TPSA) is 46.5 Å². The van der Waals surface area contributed by atoms with Crippen molar-refractivity contribution in [2.45, 2.75) is 12.8 Å². The van der Waals surface area contributed by atoms with Crippen molar-refractivity contribution in [1.29, 1.82) is 0 Å². The highest BCUT2D eigenvalue weighted by Gasteiger charge is 2.34. The Morgan fingerprint density at radius 3 is 2.16 bits per heavy atom. The predicted octanol–water partition coefficient (Wildman–Crippen LogP) is 5.76. The van der Waals surface area contributed by atoms with Crippen molar-refractivity contribution in [3.05, 3.63) is 75.5 Å². The first-order valence-corrected chi connectivity index (χ1v) is 7.62. The van der Waals surface area contributed by atoms with Gasteiger partial charge in [0.2, 0.25) is 5.76 Å². The highest BCUT2D eigenvalue weighted by Crippen LogP contribution is 2.26. The maximum absolute atomic E-state index is 12.2. The Hall–Kier alpha value is -2.18. The molecule has 0 unspecified atom stereocenters. The molecular weight excluding hydrogens is 380 g/mol. The number of carbonyl (C=O) groups excluding carboxylic acids is 1. The standard InChI is InChI=1S/C17H11Cl2F3O3/c18-13-2-1-3-14(19)12(13)9-25-11-6-4-10(5-7-11)15(23)8-16(24)17(20,21)22/h1-8,24H,9H2/b16-8-. The van der Waals surface area contributed by atoms with Crippen LogP contribution in [0.4, 0.5) is 13.2 Å². The van der Waals surface area contributed by atoms with Gasteiger partial charge in [0.15, 0.2) is 5.78 Å². The normalized spacial score (nSPS) is 12.1. The predicted molar refractivity (Wildman–Crippen MR) is 88.3 cm³/mol. The largest absolute Gasteiger partial charge is 0.504 e. The zero-order chi connectivity index (χ0) is 18.6. The lowest BCUT2D eigenvalue weighted by Gasteiger charge is -2.10. The van der Waals surface area contributed by atoms with Crippen LogP contribution in [0.2, 0.25) is 10.0 Å². The number of halogens is 5. The monoisotopic (exact) mass is 390 g/mol. The van der Waals surface area contributed by atoms with Crippen molar-refractivity contribution in [3.8, 4) is 5.75 Å². The number of ether oxygens (including phenoxy) is 1. The molecule has 0 saturated heterocycles. The van der Waals surface area contributed by atoms with E-state index < -0.39 is 17.7 Å². The average molecular weight is 391 g/mol. The third kappa shape index (κ3) is 5.14. The summed E-state index contributed by atoms with van der Waals surface area (Å²) >= 11 is 12.0. The van der Waals surface area contributed by atoms with Crippen LogP contribution in [-0.4, -0.2) is 17.1 Å². The van der Waals surface area contributed by atoms with Crippen LogP contribution in [0.25, 0.3) is 0 Å².